The van der Waals surface area contributed by atoms with Crippen molar-refractivity contribution in [2.75, 3.05) is 14.2 Å². The van der Waals surface area contributed by atoms with Gasteiger partial charge in [-0.15, -0.1) is 6.58 Å². The van der Waals surface area contributed by atoms with Gasteiger partial charge in [-0.2, -0.15) is 0 Å². The summed E-state index contributed by atoms with van der Waals surface area (Å²) in [4.78, 5) is 12.4. The minimum Gasteiger partial charge on any atom is -0.493 e. The molecule has 0 spiro atoms. The molecule has 2 bridgehead atoms. The van der Waals surface area contributed by atoms with Crippen molar-refractivity contribution in [2.24, 2.45) is 5.92 Å². The molecule has 0 saturated carbocycles. The van der Waals surface area contributed by atoms with Crippen LogP contribution in [0.1, 0.15) is 43.2 Å². The van der Waals surface area contributed by atoms with E-state index in [1.807, 2.05) is 18.2 Å². The molecule has 5 heteroatoms. The van der Waals surface area contributed by atoms with Gasteiger partial charge in [0.1, 0.15) is 0 Å². The maximum atomic E-state index is 12.4. The molecule has 2 fully saturated rings. The number of benzene rings is 1. The predicted octanol–water partition coefficient (Wildman–Crippen LogP) is 2.97. The summed E-state index contributed by atoms with van der Waals surface area (Å²) in [5.41, 5.74) is 2.03. The minimum atomic E-state index is 0.136. The summed E-state index contributed by atoms with van der Waals surface area (Å²) in [5.74, 6) is 2.06. The first-order valence-corrected chi connectivity index (χ1v) is 9.50. The van der Waals surface area contributed by atoms with Crippen molar-refractivity contribution in [3.63, 3.8) is 0 Å². The fourth-order valence-corrected chi connectivity index (χ4v) is 4.39. The second-order valence-electron chi connectivity index (χ2n) is 7.44. The highest BCUT2D eigenvalue weighted by Gasteiger charge is 2.34. The molecule has 2 aliphatic heterocycles. The van der Waals surface area contributed by atoms with Crippen LogP contribution in [0.4, 0.5) is 0 Å². The van der Waals surface area contributed by atoms with E-state index >= 15 is 0 Å². The maximum Gasteiger partial charge on any atom is 0.220 e. The van der Waals surface area contributed by atoms with Crippen LogP contribution in [-0.2, 0) is 17.8 Å². The van der Waals surface area contributed by atoms with Gasteiger partial charge < -0.3 is 20.1 Å². The average molecular weight is 358 g/mol. The van der Waals surface area contributed by atoms with Crippen LogP contribution in [0.15, 0.2) is 24.8 Å². The Bertz CT molecular complexity index is 647. The average Bonchev–Trinajstić information content (AvgIpc) is 2.98. The lowest BCUT2D eigenvalue weighted by Crippen LogP contribution is -2.39. The van der Waals surface area contributed by atoms with Crippen LogP contribution in [-0.4, -0.2) is 32.2 Å². The second-order valence-corrected chi connectivity index (χ2v) is 7.44. The molecule has 142 valence electrons. The molecule has 0 aliphatic carbocycles. The van der Waals surface area contributed by atoms with Crippen LogP contribution in [0.5, 0.6) is 11.5 Å². The molecule has 2 saturated heterocycles. The smallest absolute Gasteiger partial charge is 0.220 e. The van der Waals surface area contributed by atoms with Crippen molar-refractivity contribution in [2.45, 2.75) is 57.2 Å². The molecule has 1 aromatic carbocycles. The van der Waals surface area contributed by atoms with E-state index in [1.165, 1.54) is 12.8 Å². The Morgan fingerprint density at radius 1 is 1.27 bits per heavy atom. The van der Waals surface area contributed by atoms with Crippen LogP contribution >= 0.6 is 0 Å². The quantitative estimate of drug-likeness (QED) is 0.702. The molecule has 2 unspecified atom stereocenters. The third kappa shape index (κ3) is 4.39. The zero-order valence-electron chi connectivity index (χ0n) is 15.8. The lowest BCUT2D eigenvalue weighted by molar-refractivity contribution is -0.122. The summed E-state index contributed by atoms with van der Waals surface area (Å²) in [5, 5.41) is 6.70. The van der Waals surface area contributed by atoms with Crippen LogP contribution in [0, 0.1) is 5.92 Å². The van der Waals surface area contributed by atoms with Crippen molar-refractivity contribution in [1.29, 1.82) is 0 Å². The summed E-state index contributed by atoms with van der Waals surface area (Å²) in [7, 11) is 3.27. The summed E-state index contributed by atoms with van der Waals surface area (Å²) < 4.78 is 10.9. The Kier molecular flexibility index (Phi) is 6.20. The molecule has 2 heterocycles. The predicted molar refractivity (Wildman–Crippen MR) is 103 cm³/mol. The highest BCUT2D eigenvalue weighted by Crippen LogP contribution is 2.34. The lowest BCUT2D eigenvalue weighted by Gasteiger charge is -2.28. The van der Waals surface area contributed by atoms with E-state index in [0.717, 1.165) is 29.7 Å². The number of amides is 1. The summed E-state index contributed by atoms with van der Waals surface area (Å²) in [6.07, 6.45) is 7.94. The Morgan fingerprint density at radius 2 is 2.00 bits per heavy atom. The molecule has 3 rings (SSSR count). The third-order valence-electron chi connectivity index (χ3n) is 5.51. The Morgan fingerprint density at radius 3 is 2.62 bits per heavy atom. The zero-order chi connectivity index (χ0) is 18.5. The van der Waals surface area contributed by atoms with E-state index in [-0.39, 0.29) is 5.91 Å². The molecule has 2 aliphatic rings. The fourth-order valence-electron chi connectivity index (χ4n) is 4.39. The van der Waals surface area contributed by atoms with Gasteiger partial charge in [0.05, 0.1) is 14.2 Å². The van der Waals surface area contributed by atoms with E-state index in [4.69, 9.17) is 9.47 Å². The van der Waals surface area contributed by atoms with Gasteiger partial charge in [0.15, 0.2) is 11.5 Å². The molecular weight excluding hydrogens is 328 g/mol. The number of carbonyl (C=O) groups excluding carboxylic acids is 1. The second kappa shape index (κ2) is 8.58. The Hall–Kier alpha value is -2.01. The first-order valence-electron chi connectivity index (χ1n) is 9.50. The van der Waals surface area contributed by atoms with E-state index in [2.05, 4.69) is 17.2 Å². The maximum absolute atomic E-state index is 12.4. The Labute approximate surface area is 156 Å². The number of carbonyl (C=O) groups is 1. The molecule has 2 atom stereocenters. The van der Waals surface area contributed by atoms with Gasteiger partial charge in [0.2, 0.25) is 5.91 Å². The molecule has 0 aromatic heterocycles. The molecule has 0 radical (unpaired) electrons. The van der Waals surface area contributed by atoms with Gasteiger partial charge in [-0.25, -0.2) is 0 Å². The largest absolute Gasteiger partial charge is 0.493 e. The summed E-state index contributed by atoms with van der Waals surface area (Å²) in [6, 6.07) is 5.22. The van der Waals surface area contributed by atoms with Crippen LogP contribution in [0.3, 0.4) is 0 Å². The van der Waals surface area contributed by atoms with Gasteiger partial charge >= 0.3 is 0 Å². The number of ether oxygens (including phenoxy) is 2. The third-order valence-corrected chi connectivity index (χ3v) is 5.51. The monoisotopic (exact) mass is 358 g/mol. The van der Waals surface area contributed by atoms with Gasteiger partial charge in [-0.3, -0.25) is 4.79 Å². The number of rotatable bonds is 8. The zero-order valence-corrected chi connectivity index (χ0v) is 15.8. The number of hydrogen-bond donors (Lipinski definition) is 2. The van der Waals surface area contributed by atoms with Gasteiger partial charge in [0, 0.05) is 30.6 Å². The molecule has 1 aromatic rings. The highest BCUT2D eigenvalue weighted by atomic mass is 16.5. The van der Waals surface area contributed by atoms with E-state index in [0.29, 0.717) is 43.1 Å². The fraction of sp³-hybridized carbons (Fsp3) is 0.571. The van der Waals surface area contributed by atoms with E-state index in [9.17, 15) is 4.79 Å². The van der Waals surface area contributed by atoms with Crippen molar-refractivity contribution in [1.82, 2.24) is 10.6 Å². The SMILES string of the molecule is C=CCc1cc(CNC(=O)CC2CC3CCC(C2)N3)cc(OC)c1OC. The number of fused-ring (bicyclic) bond motifs is 2. The molecule has 5 nitrogen and oxygen atoms in total. The van der Waals surface area contributed by atoms with Crippen molar-refractivity contribution >= 4 is 5.91 Å². The van der Waals surface area contributed by atoms with E-state index < -0.39 is 0 Å². The van der Waals surface area contributed by atoms with Crippen molar-refractivity contribution in [3.05, 3.63) is 35.9 Å². The topological polar surface area (TPSA) is 59.6 Å². The van der Waals surface area contributed by atoms with Crippen LogP contribution in [0.25, 0.3) is 0 Å². The Balaban J connectivity index is 1.58. The molecule has 2 N–H and O–H groups in total. The summed E-state index contributed by atoms with van der Waals surface area (Å²) in [6.45, 7) is 4.30. The number of hydrogen-bond acceptors (Lipinski definition) is 4. The number of allylic oxidation sites excluding steroid dienone is 1. The number of nitrogens with one attached hydrogen (secondary N) is 2. The first kappa shape index (κ1) is 18.8. The highest BCUT2D eigenvalue weighted by molar-refractivity contribution is 5.76. The molecular formula is C21H30N2O3. The van der Waals surface area contributed by atoms with Gasteiger partial charge in [-0.1, -0.05) is 6.08 Å². The number of methoxy groups -OCH3 is 2. The molecule has 1 amide bonds. The van der Waals surface area contributed by atoms with Crippen molar-refractivity contribution in [3.8, 4) is 11.5 Å². The van der Waals surface area contributed by atoms with Gasteiger partial charge in [0.25, 0.3) is 0 Å². The van der Waals surface area contributed by atoms with Gasteiger partial charge in [-0.05, 0) is 55.7 Å². The van der Waals surface area contributed by atoms with Crippen LogP contribution < -0.4 is 20.1 Å². The lowest BCUT2D eigenvalue weighted by atomic mass is 9.89. The standard InChI is InChI=1S/C21H30N2O3/c1-4-5-16-8-15(11-19(25-2)21(16)26-3)13-22-20(24)12-14-9-17-6-7-18(10-14)23-17/h4,8,11,14,17-18,23H,1,5-7,9-10,12-13H2,2-3H3,(H,22,24). The van der Waals surface area contributed by atoms with E-state index in [1.54, 1.807) is 14.2 Å². The number of piperidine rings is 1. The molecule has 26 heavy (non-hydrogen) atoms. The van der Waals surface area contributed by atoms with Crippen LogP contribution in [0.2, 0.25) is 0 Å². The van der Waals surface area contributed by atoms with Crippen molar-refractivity contribution < 1.29 is 14.3 Å². The first-order chi connectivity index (χ1) is 12.6. The minimum absolute atomic E-state index is 0.136. The normalized spacial score (nSPS) is 24.2. The summed E-state index contributed by atoms with van der Waals surface area (Å²) >= 11 is 0.